The van der Waals surface area contributed by atoms with E-state index in [0.29, 0.717) is 16.2 Å². The Morgan fingerprint density at radius 3 is 2.21 bits per heavy atom. The molecule has 5 nitrogen and oxygen atoms in total. The Labute approximate surface area is 206 Å². The van der Waals surface area contributed by atoms with Gasteiger partial charge in [-0.15, -0.1) is 0 Å². The fourth-order valence-corrected chi connectivity index (χ4v) is 4.99. The number of carbonyl (C=O) groups excluding carboxylic acids is 2. The Balaban J connectivity index is 1.42. The van der Waals surface area contributed by atoms with Gasteiger partial charge in [0.15, 0.2) is 4.32 Å². The Kier molecular flexibility index (Phi) is 7.17. The fraction of sp³-hybridized carbons (Fsp3) is 0.0800. The molecule has 1 aliphatic heterocycles. The van der Waals surface area contributed by atoms with Crippen molar-refractivity contribution < 1.29 is 14.3 Å². The standard InChI is InChI=1S/C25H20N2O3S3/c1-16-3-11-20(12-4-16)32-21-13-5-17(6-14-21)15-22-24(29)27(25(31)33-22)26-23(28)18-7-9-19(30-2)10-8-18/h3-15H,1-2H3,(H,26,28)/b22-15-. The van der Waals surface area contributed by atoms with E-state index in [1.165, 1.54) is 10.5 Å². The molecule has 8 heteroatoms. The summed E-state index contributed by atoms with van der Waals surface area (Å²) in [6.45, 7) is 2.07. The molecule has 1 heterocycles. The number of thioether (sulfide) groups is 1. The van der Waals surface area contributed by atoms with Crippen LogP contribution in [0.3, 0.4) is 0 Å². The second kappa shape index (κ2) is 10.2. The third-order valence-corrected chi connectivity index (χ3v) is 7.11. The number of benzene rings is 3. The zero-order chi connectivity index (χ0) is 23.4. The van der Waals surface area contributed by atoms with Crippen molar-refractivity contribution in [2.45, 2.75) is 16.7 Å². The summed E-state index contributed by atoms with van der Waals surface area (Å²) < 4.78 is 5.38. The van der Waals surface area contributed by atoms with Crippen LogP contribution in [0.15, 0.2) is 87.5 Å². The molecule has 1 fully saturated rings. The van der Waals surface area contributed by atoms with Crippen LogP contribution in [0.2, 0.25) is 0 Å². The molecular weight excluding hydrogens is 472 g/mol. The lowest BCUT2D eigenvalue weighted by Crippen LogP contribution is -2.44. The van der Waals surface area contributed by atoms with E-state index in [9.17, 15) is 9.59 Å². The molecule has 3 aromatic carbocycles. The number of methoxy groups -OCH3 is 1. The summed E-state index contributed by atoms with van der Waals surface area (Å²) in [5.41, 5.74) is 5.09. The van der Waals surface area contributed by atoms with Gasteiger partial charge in [0.25, 0.3) is 11.8 Å². The third kappa shape index (κ3) is 5.65. The average molecular weight is 493 g/mol. The summed E-state index contributed by atoms with van der Waals surface area (Å²) in [6.07, 6.45) is 1.78. The highest BCUT2D eigenvalue weighted by atomic mass is 32.2. The van der Waals surface area contributed by atoms with Gasteiger partial charge >= 0.3 is 0 Å². The van der Waals surface area contributed by atoms with E-state index >= 15 is 0 Å². The lowest BCUT2D eigenvalue weighted by molar-refractivity contribution is -0.123. The summed E-state index contributed by atoms with van der Waals surface area (Å²) >= 11 is 8.15. The number of hydrogen-bond donors (Lipinski definition) is 1. The molecule has 0 radical (unpaired) electrons. The Bertz CT molecular complexity index is 1220. The Morgan fingerprint density at radius 1 is 1.00 bits per heavy atom. The monoisotopic (exact) mass is 492 g/mol. The number of thiocarbonyl (C=S) groups is 1. The maximum absolute atomic E-state index is 12.8. The lowest BCUT2D eigenvalue weighted by atomic mass is 10.2. The molecule has 33 heavy (non-hydrogen) atoms. The number of hydrazine groups is 1. The molecule has 0 atom stereocenters. The maximum Gasteiger partial charge on any atom is 0.285 e. The molecule has 166 valence electrons. The number of nitrogens with zero attached hydrogens (tertiary/aromatic N) is 1. The van der Waals surface area contributed by atoms with Crippen molar-refractivity contribution in [3.63, 3.8) is 0 Å². The summed E-state index contributed by atoms with van der Waals surface area (Å²) in [6, 6.07) is 22.9. The van der Waals surface area contributed by atoms with E-state index in [1.807, 2.05) is 24.3 Å². The van der Waals surface area contributed by atoms with Gasteiger partial charge in [-0.3, -0.25) is 15.0 Å². The minimum atomic E-state index is -0.423. The number of aryl methyl sites for hydroxylation is 1. The van der Waals surface area contributed by atoms with Crippen LogP contribution in [0.1, 0.15) is 21.5 Å². The van der Waals surface area contributed by atoms with Gasteiger partial charge in [-0.2, -0.15) is 5.01 Å². The zero-order valence-corrected chi connectivity index (χ0v) is 20.4. The van der Waals surface area contributed by atoms with Crippen LogP contribution in [0.25, 0.3) is 6.08 Å². The summed E-state index contributed by atoms with van der Waals surface area (Å²) in [7, 11) is 1.55. The highest BCUT2D eigenvalue weighted by Gasteiger charge is 2.33. The summed E-state index contributed by atoms with van der Waals surface area (Å²) in [4.78, 5) is 28.1. The van der Waals surface area contributed by atoms with Crippen LogP contribution in [-0.4, -0.2) is 28.3 Å². The molecule has 1 N–H and O–H groups in total. The average Bonchev–Trinajstić information content (AvgIpc) is 3.09. The van der Waals surface area contributed by atoms with Crippen LogP contribution in [-0.2, 0) is 4.79 Å². The maximum atomic E-state index is 12.8. The van der Waals surface area contributed by atoms with E-state index in [2.05, 4.69) is 36.6 Å². The normalized spacial score (nSPS) is 14.6. The SMILES string of the molecule is COc1ccc(C(=O)NN2C(=O)/C(=C/c3ccc(Sc4ccc(C)cc4)cc3)SC2=S)cc1. The molecule has 0 unspecified atom stereocenters. The minimum absolute atomic E-state index is 0.277. The molecule has 0 bridgehead atoms. The summed E-state index contributed by atoms with van der Waals surface area (Å²) in [5.74, 6) is -0.138. The number of amides is 2. The second-order valence-electron chi connectivity index (χ2n) is 7.17. The lowest BCUT2D eigenvalue weighted by Gasteiger charge is -2.15. The second-order valence-corrected chi connectivity index (χ2v) is 9.99. The molecule has 0 saturated carbocycles. The predicted molar refractivity (Wildman–Crippen MR) is 137 cm³/mol. The van der Waals surface area contributed by atoms with Crippen molar-refractivity contribution >= 4 is 58.0 Å². The molecule has 3 aromatic rings. The van der Waals surface area contributed by atoms with Crippen molar-refractivity contribution in [2.24, 2.45) is 0 Å². The first kappa shape index (κ1) is 23.1. The number of nitrogens with one attached hydrogen (secondary N) is 1. The van der Waals surface area contributed by atoms with Crippen LogP contribution in [0, 0.1) is 6.92 Å². The van der Waals surface area contributed by atoms with E-state index in [-0.39, 0.29) is 10.2 Å². The van der Waals surface area contributed by atoms with Crippen LogP contribution < -0.4 is 10.2 Å². The van der Waals surface area contributed by atoms with E-state index in [0.717, 1.165) is 27.2 Å². The smallest absolute Gasteiger partial charge is 0.285 e. The van der Waals surface area contributed by atoms with Gasteiger partial charge in [0.05, 0.1) is 12.0 Å². The van der Waals surface area contributed by atoms with Crippen molar-refractivity contribution in [2.75, 3.05) is 7.11 Å². The summed E-state index contributed by atoms with van der Waals surface area (Å²) in [5, 5.41) is 1.11. The van der Waals surface area contributed by atoms with E-state index < -0.39 is 5.91 Å². The Morgan fingerprint density at radius 2 is 1.61 bits per heavy atom. The first-order chi connectivity index (χ1) is 15.9. The zero-order valence-electron chi connectivity index (χ0n) is 17.9. The third-order valence-electron chi connectivity index (χ3n) is 4.79. The molecule has 0 aromatic heterocycles. The van der Waals surface area contributed by atoms with E-state index in [1.54, 1.807) is 49.2 Å². The molecule has 4 rings (SSSR count). The minimum Gasteiger partial charge on any atom is -0.497 e. The number of ether oxygens (including phenoxy) is 1. The largest absolute Gasteiger partial charge is 0.497 e. The molecule has 1 aliphatic rings. The first-order valence-corrected chi connectivity index (χ1v) is 12.0. The first-order valence-electron chi connectivity index (χ1n) is 10.0. The topological polar surface area (TPSA) is 58.6 Å². The van der Waals surface area contributed by atoms with Crippen molar-refractivity contribution in [1.29, 1.82) is 0 Å². The molecule has 0 spiro atoms. The number of carbonyl (C=O) groups is 2. The van der Waals surface area contributed by atoms with Gasteiger partial charge in [-0.05, 0) is 79.3 Å². The van der Waals surface area contributed by atoms with Gasteiger partial charge in [0, 0.05) is 15.4 Å². The van der Waals surface area contributed by atoms with Gasteiger partial charge in [0.2, 0.25) is 0 Å². The van der Waals surface area contributed by atoms with Crippen molar-refractivity contribution in [3.8, 4) is 5.75 Å². The molecule has 2 amide bonds. The number of rotatable bonds is 6. The highest BCUT2D eigenvalue weighted by molar-refractivity contribution is 8.26. The van der Waals surface area contributed by atoms with Crippen LogP contribution in [0.4, 0.5) is 0 Å². The van der Waals surface area contributed by atoms with Gasteiger partial charge < -0.3 is 4.74 Å². The van der Waals surface area contributed by atoms with Crippen molar-refractivity contribution in [1.82, 2.24) is 10.4 Å². The quantitative estimate of drug-likeness (QED) is 0.352. The number of hydrogen-bond acceptors (Lipinski definition) is 6. The molecule has 1 saturated heterocycles. The predicted octanol–water partition coefficient (Wildman–Crippen LogP) is 5.70. The molecular formula is C25H20N2O3S3. The van der Waals surface area contributed by atoms with Gasteiger partial charge in [-0.25, -0.2) is 0 Å². The molecule has 0 aliphatic carbocycles. The fourth-order valence-electron chi connectivity index (χ4n) is 3.00. The van der Waals surface area contributed by atoms with Gasteiger partial charge in [0.1, 0.15) is 5.75 Å². The van der Waals surface area contributed by atoms with E-state index in [4.69, 9.17) is 17.0 Å². The van der Waals surface area contributed by atoms with Crippen molar-refractivity contribution in [3.05, 3.63) is 94.4 Å². The highest BCUT2D eigenvalue weighted by Crippen LogP contribution is 2.33. The van der Waals surface area contributed by atoms with Gasteiger partial charge in [-0.1, -0.05) is 53.4 Å². The van der Waals surface area contributed by atoms with Crippen LogP contribution in [0.5, 0.6) is 5.75 Å². The Hall–Kier alpha value is -3.07. The van der Waals surface area contributed by atoms with Crippen LogP contribution >= 0.6 is 35.7 Å².